The van der Waals surface area contributed by atoms with Crippen LogP contribution in [0.3, 0.4) is 0 Å². The molecule has 0 aromatic rings. The van der Waals surface area contributed by atoms with Gasteiger partial charge in [-0.1, -0.05) is 12.8 Å². The van der Waals surface area contributed by atoms with Crippen LogP contribution in [0, 0.1) is 0 Å². The van der Waals surface area contributed by atoms with E-state index in [0.717, 1.165) is 25.6 Å². The lowest BCUT2D eigenvalue weighted by molar-refractivity contribution is 0.320. The molecule has 0 spiro atoms. The van der Waals surface area contributed by atoms with Crippen molar-refractivity contribution in [2.24, 2.45) is 0 Å². The van der Waals surface area contributed by atoms with Crippen LogP contribution in [-0.4, -0.2) is 60.9 Å². The van der Waals surface area contributed by atoms with Crippen LogP contribution in [0.1, 0.15) is 25.7 Å². The van der Waals surface area contributed by atoms with Crippen LogP contribution in [0.15, 0.2) is 0 Å². The van der Waals surface area contributed by atoms with E-state index in [-0.39, 0.29) is 0 Å². The number of hydrogen-bond acceptors (Lipinski definition) is 5. The lowest BCUT2D eigenvalue weighted by Gasteiger charge is -2.42. The lowest BCUT2D eigenvalue weighted by atomic mass is 10.3. The summed E-state index contributed by atoms with van der Waals surface area (Å²) in [5.74, 6) is 0. The summed E-state index contributed by atoms with van der Waals surface area (Å²) in [4.78, 5) is 0. The summed E-state index contributed by atoms with van der Waals surface area (Å²) in [5, 5.41) is 6.47. The summed E-state index contributed by atoms with van der Waals surface area (Å²) < 4.78 is 20.2. The Kier molecular flexibility index (Phi) is 12.7. The van der Waals surface area contributed by atoms with Crippen molar-refractivity contribution >= 4 is 33.8 Å². The summed E-state index contributed by atoms with van der Waals surface area (Å²) >= 11 is 0. The van der Waals surface area contributed by atoms with Crippen molar-refractivity contribution in [1.82, 2.24) is 10.6 Å². The molecule has 164 valence electrons. The average molecular weight is 453 g/mol. The third-order valence-corrected chi connectivity index (χ3v) is 19.1. The number of rotatable bonds is 16. The molecule has 0 aromatic heterocycles. The Hall–Kier alpha value is 0.668. The van der Waals surface area contributed by atoms with E-state index < -0.39 is 33.8 Å². The van der Waals surface area contributed by atoms with Gasteiger partial charge in [-0.2, -0.15) is 0 Å². The van der Waals surface area contributed by atoms with Crippen molar-refractivity contribution in [2.45, 2.75) is 90.1 Å². The highest BCUT2D eigenvalue weighted by molar-refractivity contribution is 6.89. The van der Waals surface area contributed by atoms with Crippen LogP contribution in [0.4, 0.5) is 0 Å². The van der Waals surface area contributed by atoms with Gasteiger partial charge in [-0.15, -0.1) is 0 Å². The Morgan fingerprint density at radius 3 is 1.52 bits per heavy atom. The second-order valence-corrected chi connectivity index (χ2v) is 26.1. The van der Waals surface area contributed by atoms with Crippen molar-refractivity contribution < 1.29 is 12.3 Å². The third-order valence-electron chi connectivity index (χ3n) is 4.27. The highest BCUT2D eigenvalue weighted by Crippen LogP contribution is 2.29. The summed E-state index contributed by atoms with van der Waals surface area (Å²) in [6, 6.07) is 2.26. The molecular weight excluding hydrogens is 405 g/mol. The monoisotopic (exact) mass is 452 g/mol. The van der Waals surface area contributed by atoms with E-state index in [0.29, 0.717) is 0 Å². The first-order chi connectivity index (χ1) is 12.2. The van der Waals surface area contributed by atoms with Crippen molar-refractivity contribution in [3.8, 4) is 0 Å². The molecule has 0 saturated heterocycles. The van der Waals surface area contributed by atoms with Gasteiger partial charge in [-0.25, -0.2) is 0 Å². The molecule has 0 aliphatic rings. The zero-order chi connectivity index (χ0) is 21.2. The van der Waals surface area contributed by atoms with Gasteiger partial charge in [0.25, 0.3) is 0 Å². The summed E-state index contributed by atoms with van der Waals surface area (Å²) in [6.45, 7) is 20.4. The van der Waals surface area contributed by atoms with Gasteiger partial charge in [0.05, 0.1) is 0 Å². The zero-order valence-corrected chi connectivity index (χ0v) is 23.9. The molecule has 5 nitrogen and oxygen atoms in total. The molecule has 0 radical (unpaired) electrons. The molecule has 0 aliphatic carbocycles. The Morgan fingerprint density at radius 1 is 0.593 bits per heavy atom. The molecule has 0 saturated carbocycles. The number of hydrogen-bond donors (Lipinski definition) is 2. The maximum atomic E-state index is 6.82. The van der Waals surface area contributed by atoms with Crippen LogP contribution < -0.4 is 10.6 Å². The molecule has 2 N–H and O–H groups in total. The number of nitrogens with one attached hydrogen (secondary N) is 2. The molecule has 0 fully saturated rings. The van der Waals surface area contributed by atoms with Gasteiger partial charge in [0, 0.05) is 0 Å². The van der Waals surface area contributed by atoms with Crippen molar-refractivity contribution in [3.63, 3.8) is 0 Å². The highest BCUT2D eigenvalue weighted by Gasteiger charge is 2.44. The normalized spacial score (nSPS) is 15.8. The first-order valence-electron chi connectivity index (χ1n) is 10.6. The van der Waals surface area contributed by atoms with E-state index in [1.807, 2.05) is 14.1 Å². The lowest BCUT2D eigenvalue weighted by Crippen LogP contribution is -2.57. The van der Waals surface area contributed by atoms with E-state index in [9.17, 15) is 0 Å². The minimum Gasteiger partial charge on any atom is -0.437 e. The van der Waals surface area contributed by atoms with E-state index in [1.165, 1.54) is 25.3 Å². The Morgan fingerprint density at radius 2 is 1.07 bits per heavy atom. The standard InChI is InChI=1S/C18H48N2O3Si4/c1-19-15-11-13-17-25(6,7)22-26(8,9)23-27(10,21-24(3,4)5)18-14-12-16-20-2/h19-20H,11-18H2,1-10H3. The van der Waals surface area contributed by atoms with E-state index in [1.54, 1.807) is 0 Å². The van der Waals surface area contributed by atoms with Crippen LogP contribution in [0.5, 0.6) is 0 Å². The molecular formula is C18H48N2O3Si4. The summed E-state index contributed by atoms with van der Waals surface area (Å²) in [6.07, 6.45) is 4.78. The van der Waals surface area contributed by atoms with Gasteiger partial charge in [0.1, 0.15) is 0 Å². The van der Waals surface area contributed by atoms with Crippen LogP contribution in [0.25, 0.3) is 0 Å². The summed E-state index contributed by atoms with van der Waals surface area (Å²) in [5.41, 5.74) is 0. The maximum Gasteiger partial charge on any atom is 0.315 e. The second kappa shape index (κ2) is 12.4. The van der Waals surface area contributed by atoms with E-state index in [2.05, 4.69) is 63.0 Å². The van der Waals surface area contributed by atoms with Crippen molar-refractivity contribution in [3.05, 3.63) is 0 Å². The van der Waals surface area contributed by atoms with Crippen LogP contribution in [-0.2, 0) is 12.3 Å². The van der Waals surface area contributed by atoms with Gasteiger partial charge >= 0.3 is 17.1 Å². The summed E-state index contributed by atoms with van der Waals surface area (Å²) in [7, 11) is -3.79. The maximum absolute atomic E-state index is 6.82. The minimum atomic E-state index is -2.23. The third kappa shape index (κ3) is 15.2. The SMILES string of the molecule is CNCCCC[Si](C)(C)O[Si](C)(C)O[Si](C)(CCCCNC)O[Si](C)(C)C. The molecule has 0 bridgehead atoms. The largest absolute Gasteiger partial charge is 0.437 e. The molecule has 0 rings (SSSR count). The molecule has 9 heteroatoms. The minimum absolute atomic E-state index is 1.06. The van der Waals surface area contributed by atoms with Gasteiger partial charge < -0.3 is 23.0 Å². The molecule has 0 amide bonds. The van der Waals surface area contributed by atoms with Gasteiger partial charge in [-0.3, -0.25) is 0 Å². The van der Waals surface area contributed by atoms with Gasteiger partial charge in [0.15, 0.2) is 16.6 Å². The fraction of sp³-hybridized carbons (Fsp3) is 1.00. The van der Waals surface area contributed by atoms with Crippen LogP contribution >= 0.6 is 0 Å². The Labute approximate surface area is 174 Å². The molecule has 0 aromatic carbocycles. The molecule has 27 heavy (non-hydrogen) atoms. The molecule has 1 atom stereocenters. The molecule has 0 heterocycles. The quantitative estimate of drug-likeness (QED) is 0.259. The zero-order valence-electron chi connectivity index (χ0n) is 19.9. The van der Waals surface area contributed by atoms with Crippen molar-refractivity contribution in [2.75, 3.05) is 27.2 Å². The fourth-order valence-electron chi connectivity index (χ4n) is 3.63. The number of unbranched alkanes of at least 4 members (excludes halogenated alkanes) is 2. The first-order valence-corrected chi connectivity index (χ1v) is 22.5. The Bertz CT molecular complexity index is 407. The average Bonchev–Trinajstić information content (AvgIpc) is 2.44. The van der Waals surface area contributed by atoms with E-state index in [4.69, 9.17) is 12.3 Å². The highest BCUT2D eigenvalue weighted by atomic mass is 28.5. The van der Waals surface area contributed by atoms with E-state index >= 15 is 0 Å². The predicted octanol–water partition coefficient (Wildman–Crippen LogP) is 4.85. The molecule has 1 unspecified atom stereocenters. The predicted molar refractivity (Wildman–Crippen MR) is 129 cm³/mol. The fourth-order valence-corrected chi connectivity index (χ4v) is 22.6. The Balaban J connectivity index is 4.91. The van der Waals surface area contributed by atoms with Crippen LogP contribution in [0.2, 0.25) is 64.5 Å². The smallest absolute Gasteiger partial charge is 0.315 e. The second-order valence-electron chi connectivity index (χ2n) is 9.83. The first kappa shape index (κ1) is 27.7. The van der Waals surface area contributed by atoms with Gasteiger partial charge in [-0.05, 0) is 104 Å². The van der Waals surface area contributed by atoms with Gasteiger partial charge in [0.2, 0.25) is 0 Å². The topological polar surface area (TPSA) is 51.8 Å². The van der Waals surface area contributed by atoms with Crippen molar-refractivity contribution in [1.29, 1.82) is 0 Å². The molecule has 0 aliphatic heterocycles.